The fourth-order valence-electron chi connectivity index (χ4n) is 3.10. The van der Waals surface area contributed by atoms with E-state index in [9.17, 15) is 0 Å². The van der Waals surface area contributed by atoms with Crippen LogP contribution in [0, 0.1) is 0 Å². The summed E-state index contributed by atoms with van der Waals surface area (Å²) in [6, 6.07) is 16.2. The van der Waals surface area contributed by atoms with Gasteiger partial charge in [-0.1, -0.05) is 24.3 Å². The third-order valence-electron chi connectivity index (χ3n) is 4.38. The van der Waals surface area contributed by atoms with Crippen LogP contribution in [0.15, 0.2) is 78.3 Å². The maximum atomic E-state index is 4.92. The fraction of sp³-hybridized carbons (Fsp3) is 0.150. The number of nitrogens with one attached hydrogen (secondary N) is 1. The smallest absolute Gasteiger partial charge is 0.0864 e. The molecule has 1 unspecified atom stereocenters. The monoisotopic (exact) mass is 314 g/mol. The van der Waals surface area contributed by atoms with Gasteiger partial charge in [-0.3, -0.25) is 15.0 Å². The summed E-state index contributed by atoms with van der Waals surface area (Å²) < 4.78 is 0. The first-order valence-corrected chi connectivity index (χ1v) is 8.00. The molecule has 1 N–H and O–H groups in total. The van der Waals surface area contributed by atoms with Crippen LogP contribution in [0.3, 0.4) is 0 Å². The molecule has 0 aliphatic carbocycles. The van der Waals surface area contributed by atoms with Crippen molar-refractivity contribution in [1.29, 1.82) is 0 Å². The molecule has 4 heteroatoms. The number of rotatable bonds is 2. The highest BCUT2D eigenvalue weighted by Gasteiger charge is 2.32. The lowest BCUT2D eigenvalue weighted by molar-refractivity contribution is 0.569. The average Bonchev–Trinajstić information content (AvgIpc) is 2.80. The molecule has 0 bridgehead atoms. The second kappa shape index (κ2) is 5.89. The standard InChI is InChI=1S/C20H18N4/c1-20(16-7-5-11-22-14-16)12-19(15-6-4-10-21-13-15)23-17-8-2-3-9-18(17)24-20/h2-11,13-14,24H,12H2,1H3. The minimum Gasteiger partial charge on any atom is -0.374 e. The zero-order valence-corrected chi connectivity index (χ0v) is 13.5. The Balaban J connectivity index is 1.87. The van der Waals surface area contributed by atoms with Gasteiger partial charge in [0, 0.05) is 36.8 Å². The van der Waals surface area contributed by atoms with E-state index in [4.69, 9.17) is 4.99 Å². The molecule has 0 saturated heterocycles. The van der Waals surface area contributed by atoms with Gasteiger partial charge < -0.3 is 5.32 Å². The Labute approximate surface area is 141 Å². The van der Waals surface area contributed by atoms with Crippen molar-refractivity contribution in [2.75, 3.05) is 5.32 Å². The third kappa shape index (κ3) is 2.67. The molecule has 1 aliphatic rings. The van der Waals surface area contributed by atoms with Crippen molar-refractivity contribution in [3.8, 4) is 0 Å². The summed E-state index contributed by atoms with van der Waals surface area (Å²) in [5.74, 6) is 0. The molecule has 4 rings (SSSR count). The molecule has 4 nitrogen and oxygen atoms in total. The van der Waals surface area contributed by atoms with E-state index >= 15 is 0 Å². The molecule has 118 valence electrons. The predicted octanol–water partition coefficient (Wildman–Crippen LogP) is 4.33. The Bertz CT molecular complexity index is 874. The van der Waals surface area contributed by atoms with Crippen molar-refractivity contribution in [3.05, 3.63) is 84.4 Å². The molecule has 2 aromatic heterocycles. The number of aliphatic imine (C=N–C) groups is 1. The summed E-state index contributed by atoms with van der Waals surface area (Å²) in [6.07, 6.45) is 8.12. The quantitative estimate of drug-likeness (QED) is 0.766. The van der Waals surface area contributed by atoms with Crippen LogP contribution in [0.1, 0.15) is 24.5 Å². The largest absolute Gasteiger partial charge is 0.374 e. The minimum atomic E-state index is -0.296. The summed E-state index contributed by atoms with van der Waals surface area (Å²) in [5, 5.41) is 3.68. The molecule has 3 aromatic rings. The summed E-state index contributed by atoms with van der Waals surface area (Å²) >= 11 is 0. The molecule has 0 fully saturated rings. The maximum Gasteiger partial charge on any atom is 0.0864 e. The summed E-state index contributed by atoms with van der Waals surface area (Å²) in [4.78, 5) is 13.5. The number of para-hydroxylation sites is 2. The highest BCUT2D eigenvalue weighted by Crippen LogP contribution is 2.38. The van der Waals surface area contributed by atoms with Crippen molar-refractivity contribution in [3.63, 3.8) is 0 Å². The van der Waals surface area contributed by atoms with Gasteiger partial charge in [-0.25, -0.2) is 0 Å². The van der Waals surface area contributed by atoms with Gasteiger partial charge in [0.2, 0.25) is 0 Å². The lowest BCUT2D eigenvalue weighted by atomic mass is 9.86. The van der Waals surface area contributed by atoms with Crippen molar-refractivity contribution >= 4 is 17.1 Å². The van der Waals surface area contributed by atoms with Crippen LogP contribution < -0.4 is 5.32 Å². The zero-order valence-electron chi connectivity index (χ0n) is 13.5. The maximum absolute atomic E-state index is 4.92. The lowest BCUT2D eigenvalue weighted by Gasteiger charge is -2.31. The first kappa shape index (κ1) is 14.6. The van der Waals surface area contributed by atoms with Gasteiger partial charge in [-0.05, 0) is 36.8 Å². The van der Waals surface area contributed by atoms with Gasteiger partial charge in [0.1, 0.15) is 0 Å². The highest BCUT2D eigenvalue weighted by atomic mass is 15.0. The molecule has 0 spiro atoms. The second-order valence-corrected chi connectivity index (χ2v) is 6.19. The Kier molecular flexibility index (Phi) is 3.58. The van der Waals surface area contributed by atoms with Gasteiger partial charge >= 0.3 is 0 Å². The Morgan fingerprint density at radius 2 is 1.71 bits per heavy atom. The van der Waals surface area contributed by atoms with Crippen molar-refractivity contribution in [2.24, 2.45) is 4.99 Å². The van der Waals surface area contributed by atoms with Crippen LogP contribution in [0.5, 0.6) is 0 Å². The molecular weight excluding hydrogens is 296 g/mol. The van der Waals surface area contributed by atoms with E-state index in [1.54, 1.807) is 12.4 Å². The molecule has 0 radical (unpaired) electrons. The zero-order chi connectivity index (χ0) is 16.4. The Morgan fingerprint density at radius 3 is 2.46 bits per heavy atom. The number of hydrogen-bond acceptors (Lipinski definition) is 4. The SMILES string of the molecule is CC1(c2cccnc2)CC(c2cccnc2)=Nc2ccccc2N1. The number of aromatic nitrogens is 2. The van der Waals surface area contributed by atoms with E-state index in [0.29, 0.717) is 0 Å². The summed E-state index contributed by atoms with van der Waals surface area (Å²) in [7, 11) is 0. The number of fused-ring (bicyclic) bond motifs is 1. The lowest BCUT2D eigenvalue weighted by Crippen LogP contribution is -2.34. The molecule has 1 aromatic carbocycles. The number of anilines is 1. The van der Waals surface area contributed by atoms with Crippen LogP contribution in [0.25, 0.3) is 0 Å². The van der Waals surface area contributed by atoms with E-state index in [-0.39, 0.29) is 5.54 Å². The number of hydrogen-bond donors (Lipinski definition) is 1. The topological polar surface area (TPSA) is 50.2 Å². The molecule has 24 heavy (non-hydrogen) atoms. The van der Waals surface area contributed by atoms with Gasteiger partial charge in [0.25, 0.3) is 0 Å². The Hall–Kier alpha value is -3.01. The molecule has 1 aliphatic heterocycles. The Morgan fingerprint density at radius 1 is 0.917 bits per heavy atom. The van der Waals surface area contributed by atoms with E-state index < -0.39 is 0 Å². The fourth-order valence-corrected chi connectivity index (χ4v) is 3.10. The van der Waals surface area contributed by atoms with Crippen LogP contribution in [-0.4, -0.2) is 15.7 Å². The van der Waals surface area contributed by atoms with Gasteiger partial charge in [0.05, 0.1) is 22.6 Å². The first-order valence-electron chi connectivity index (χ1n) is 8.00. The summed E-state index contributed by atoms with van der Waals surface area (Å²) in [5.41, 5.74) is 4.89. The number of nitrogens with zero attached hydrogens (tertiary/aromatic N) is 3. The van der Waals surface area contributed by atoms with Gasteiger partial charge in [-0.2, -0.15) is 0 Å². The highest BCUT2D eigenvalue weighted by molar-refractivity contribution is 6.04. The second-order valence-electron chi connectivity index (χ2n) is 6.19. The van der Waals surface area contributed by atoms with Crippen LogP contribution in [-0.2, 0) is 5.54 Å². The number of pyridine rings is 2. The molecular formula is C20H18N4. The predicted molar refractivity (Wildman–Crippen MR) is 96.7 cm³/mol. The average molecular weight is 314 g/mol. The van der Waals surface area contributed by atoms with Crippen molar-refractivity contribution in [2.45, 2.75) is 18.9 Å². The van der Waals surface area contributed by atoms with Crippen molar-refractivity contribution in [1.82, 2.24) is 9.97 Å². The van der Waals surface area contributed by atoms with E-state index in [0.717, 1.165) is 34.6 Å². The van der Waals surface area contributed by atoms with E-state index in [1.807, 2.05) is 42.7 Å². The molecule has 3 heterocycles. The van der Waals surface area contributed by atoms with Crippen LogP contribution in [0.4, 0.5) is 11.4 Å². The van der Waals surface area contributed by atoms with E-state index in [1.165, 1.54) is 0 Å². The number of benzene rings is 1. The normalized spacial score (nSPS) is 19.6. The van der Waals surface area contributed by atoms with Crippen molar-refractivity contribution < 1.29 is 0 Å². The molecule has 0 saturated carbocycles. The summed E-state index contributed by atoms with van der Waals surface area (Å²) in [6.45, 7) is 2.19. The minimum absolute atomic E-state index is 0.296. The molecule has 1 atom stereocenters. The first-order chi connectivity index (χ1) is 11.7. The van der Waals surface area contributed by atoms with E-state index in [2.05, 4.69) is 40.4 Å². The molecule has 0 amide bonds. The van der Waals surface area contributed by atoms with Gasteiger partial charge in [0.15, 0.2) is 0 Å². The van der Waals surface area contributed by atoms with Crippen LogP contribution in [0.2, 0.25) is 0 Å². The van der Waals surface area contributed by atoms with Crippen LogP contribution >= 0.6 is 0 Å². The third-order valence-corrected chi connectivity index (χ3v) is 4.38. The van der Waals surface area contributed by atoms with Gasteiger partial charge in [-0.15, -0.1) is 0 Å².